The van der Waals surface area contributed by atoms with Gasteiger partial charge >= 0.3 is 5.97 Å². The Morgan fingerprint density at radius 3 is 1.91 bits per heavy atom. The maximum atomic E-state index is 13.9. The molecule has 294 valence electrons. The number of carboxylic acid groups (broad SMARTS) is 1. The average Bonchev–Trinajstić information content (AvgIpc) is 3.12. The molecule has 0 aliphatic carbocycles. The Balaban J connectivity index is 1.76. The molecule has 3 aromatic carbocycles. The average molecular weight is 747 g/mol. The highest BCUT2D eigenvalue weighted by Crippen LogP contribution is 2.25. The van der Waals surface area contributed by atoms with E-state index in [2.05, 4.69) is 21.3 Å². The van der Waals surface area contributed by atoms with E-state index in [0.717, 1.165) is 16.3 Å². The lowest BCUT2D eigenvalue weighted by Crippen LogP contribution is -2.59. The number of carboxylic acids is 1. The van der Waals surface area contributed by atoms with Gasteiger partial charge in [-0.25, -0.2) is 4.79 Å². The van der Waals surface area contributed by atoms with E-state index in [4.69, 9.17) is 4.74 Å². The predicted molar refractivity (Wildman–Crippen MR) is 209 cm³/mol. The lowest BCUT2D eigenvalue weighted by Gasteiger charge is -2.32. The molecule has 0 radical (unpaired) electrons. The number of aliphatic hydroxyl groups excluding tert-OH is 1. The SMILES string of the molecule is CC[C@H](C)[C@H](NC(=O)C[C@H](O)[C@H](CCc1ccccc1)NC(=O)[C@@H](NC(=O)C(C)(C)Oc1ccc2ccccc2c1)C(C)C)C(=O)N[C@H](C(=O)O)C(C)C. The Labute approximate surface area is 318 Å². The number of nitrogens with one attached hydrogen (secondary N) is 4. The maximum Gasteiger partial charge on any atom is 0.326 e. The number of aliphatic carboxylic acids is 1. The molecule has 0 aromatic heterocycles. The fourth-order valence-corrected chi connectivity index (χ4v) is 6.05. The summed E-state index contributed by atoms with van der Waals surface area (Å²) in [6, 6.07) is 18.7. The molecule has 0 bridgehead atoms. The highest BCUT2D eigenvalue weighted by Gasteiger charge is 2.37. The Bertz CT molecular complexity index is 1730. The summed E-state index contributed by atoms with van der Waals surface area (Å²) in [6.45, 7) is 13.8. The van der Waals surface area contributed by atoms with Gasteiger partial charge in [-0.15, -0.1) is 0 Å². The number of carbonyl (C=O) groups is 5. The lowest BCUT2D eigenvalue weighted by molar-refractivity contribution is -0.143. The molecule has 6 N–H and O–H groups in total. The Hall–Kier alpha value is -4.97. The van der Waals surface area contributed by atoms with E-state index in [1.807, 2.05) is 73.7 Å². The second-order valence-electron chi connectivity index (χ2n) is 15.2. The van der Waals surface area contributed by atoms with E-state index in [9.17, 15) is 34.2 Å². The molecule has 0 heterocycles. The molecule has 3 rings (SSSR count). The zero-order chi connectivity index (χ0) is 40.2. The van der Waals surface area contributed by atoms with Gasteiger partial charge in [0, 0.05) is 0 Å². The maximum absolute atomic E-state index is 13.9. The van der Waals surface area contributed by atoms with Crippen LogP contribution >= 0.6 is 0 Å². The number of aliphatic hydroxyl groups is 1. The molecule has 6 atom stereocenters. The number of amides is 4. The van der Waals surface area contributed by atoms with Crippen LogP contribution in [0.15, 0.2) is 72.8 Å². The number of rotatable bonds is 20. The van der Waals surface area contributed by atoms with Crippen LogP contribution in [0.4, 0.5) is 0 Å². The van der Waals surface area contributed by atoms with Crippen molar-refractivity contribution in [1.82, 2.24) is 21.3 Å². The third-order valence-electron chi connectivity index (χ3n) is 9.69. The van der Waals surface area contributed by atoms with Crippen LogP contribution in [-0.4, -0.2) is 75.7 Å². The summed E-state index contributed by atoms with van der Waals surface area (Å²) in [7, 11) is 0. The molecule has 54 heavy (non-hydrogen) atoms. The van der Waals surface area contributed by atoms with E-state index >= 15 is 0 Å². The molecule has 0 aliphatic rings. The fraction of sp³-hybridized carbons (Fsp3) is 0.500. The first-order chi connectivity index (χ1) is 25.4. The highest BCUT2D eigenvalue weighted by atomic mass is 16.5. The van der Waals surface area contributed by atoms with Crippen molar-refractivity contribution in [2.45, 2.75) is 117 Å². The van der Waals surface area contributed by atoms with Crippen LogP contribution in [0.25, 0.3) is 10.8 Å². The van der Waals surface area contributed by atoms with Gasteiger partial charge in [0.1, 0.15) is 23.9 Å². The molecule has 0 fully saturated rings. The molecule has 0 saturated carbocycles. The Morgan fingerprint density at radius 1 is 0.722 bits per heavy atom. The summed E-state index contributed by atoms with van der Waals surface area (Å²) < 4.78 is 6.11. The van der Waals surface area contributed by atoms with E-state index < -0.39 is 77.8 Å². The second kappa shape index (κ2) is 19.9. The number of hydrogen-bond donors (Lipinski definition) is 6. The van der Waals surface area contributed by atoms with Crippen LogP contribution in [0.5, 0.6) is 5.75 Å². The fourth-order valence-electron chi connectivity index (χ4n) is 6.05. The molecule has 0 aliphatic heterocycles. The number of benzene rings is 3. The topological polar surface area (TPSA) is 183 Å². The van der Waals surface area contributed by atoms with Gasteiger partial charge < -0.3 is 36.2 Å². The lowest BCUT2D eigenvalue weighted by atomic mass is 9.95. The number of ether oxygens (including phenoxy) is 1. The molecule has 3 aromatic rings. The van der Waals surface area contributed by atoms with Crippen LogP contribution < -0.4 is 26.0 Å². The van der Waals surface area contributed by atoms with Gasteiger partial charge in [0.15, 0.2) is 5.60 Å². The van der Waals surface area contributed by atoms with E-state index in [-0.39, 0.29) is 18.3 Å². The molecule has 12 nitrogen and oxygen atoms in total. The smallest absolute Gasteiger partial charge is 0.326 e. The molecule has 4 amide bonds. The van der Waals surface area contributed by atoms with Crippen LogP contribution in [-0.2, 0) is 30.4 Å². The van der Waals surface area contributed by atoms with Crippen molar-refractivity contribution in [3.63, 3.8) is 0 Å². The quantitative estimate of drug-likeness (QED) is 0.0957. The zero-order valence-electron chi connectivity index (χ0n) is 32.7. The molecule has 0 spiro atoms. The van der Waals surface area contributed by atoms with Gasteiger partial charge in [-0.3, -0.25) is 19.2 Å². The summed E-state index contributed by atoms with van der Waals surface area (Å²) >= 11 is 0. The van der Waals surface area contributed by atoms with Crippen LogP contribution in [0.1, 0.15) is 80.2 Å². The van der Waals surface area contributed by atoms with Crippen molar-refractivity contribution in [3.05, 3.63) is 78.4 Å². The summed E-state index contributed by atoms with van der Waals surface area (Å²) in [4.78, 5) is 65.9. The van der Waals surface area contributed by atoms with E-state index in [1.54, 1.807) is 54.5 Å². The number of fused-ring (bicyclic) bond motifs is 1. The van der Waals surface area contributed by atoms with Gasteiger partial charge in [0.25, 0.3) is 5.91 Å². The third-order valence-corrected chi connectivity index (χ3v) is 9.69. The van der Waals surface area contributed by atoms with Crippen molar-refractivity contribution in [2.24, 2.45) is 17.8 Å². The number of hydrogen-bond acceptors (Lipinski definition) is 7. The normalized spacial score (nSPS) is 15.0. The van der Waals surface area contributed by atoms with E-state index in [1.165, 1.54) is 0 Å². The summed E-state index contributed by atoms with van der Waals surface area (Å²) in [5, 5.41) is 34.0. The van der Waals surface area contributed by atoms with Crippen molar-refractivity contribution in [3.8, 4) is 5.75 Å². The van der Waals surface area contributed by atoms with Crippen molar-refractivity contribution >= 4 is 40.4 Å². The number of carbonyl (C=O) groups excluding carboxylic acids is 4. The van der Waals surface area contributed by atoms with Gasteiger partial charge in [0.2, 0.25) is 17.7 Å². The minimum absolute atomic E-state index is 0.267. The molecule has 0 saturated heterocycles. The monoisotopic (exact) mass is 746 g/mol. The van der Waals surface area contributed by atoms with Gasteiger partial charge in [-0.05, 0) is 72.9 Å². The standard InChI is InChI=1S/C42H58N4O8/c1-9-27(6)37(39(50)45-36(26(4)5)40(51)52)44-34(48)24-33(47)32(22-19-28-15-11-10-12-16-28)43-38(49)35(25(2)3)46-41(53)42(7,8)54-31-21-20-29-17-13-14-18-30(29)23-31/h10-18,20-21,23,25-27,32-33,35-37,47H,9,19,22,24H2,1-8H3,(H,43,49)(H,44,48)(H,45,50)(H,46,53)(H,51,52)/t27-,32-,33-,35-,36-,37-/m0/s1. The first-order valence-electron chi connectivity index (χ1n) is 18.8. The largest absolute Gasteiger partial charge is 0.480 e. The highest BCUT2D eigenvalue weighted by molar-refractivity contribution is 5.92. The molecule has 0 unspecified atom stereocenters. The van der Waals surface area contributed by atoms with Crippen LogP contribution in [0.3, 0.4) is 0 Å². The summed E-state index contributed by atoms with van der Waals surface area (Å²) in [5.41, 5.74) is -0.389. The van der Waals surface area contributed by atoms with Gasteiger partial charge in [0.05, 0.1) is 18.6 Å². The van der Waals surface area contributed by atoms with Gasteiger partial charge in [-0.1, -0.05) is 109 Å². The van der Waals surface area contributed by atoms with Crippen LogP contribution in [0, 0.1) is 17.8 Å². The molecular formula is C42H58N4O8. The summed E-state index contributed by atoms with van der Waals surface area (Å²) in [6.07, 6.45) is -0.555. The van der Waals surface area contributed by atoms with Crippen molar-refractivity contribution in [2.75, 3.05) is 0 Å². The minimum Gasteiger partial charge on any atom is -0.480 e. The number of aryl methyl sites for hydroxylation is 1. The summed E-state index contributed by atoms with van der Waals surface area (Å²) in [5.74, 6) is -4.09. The van der Waals surface area contributed by atoms with Crippen LogP contribution in [0.2, 0.25) is 0 Å². The predicted octanol–water partition coefficient (Wildman–Crippen LogP) is 4.76. The molecule has 12 heteroatoms. The van der Waals surface area contributed by atoms with Gasteiger partial charge in [-0.2, -0.15) is 0 Å². The first-order valence-corrected chi connectivity index (χ1v) is 18.8. The Morgan fingerprint density at radius 2 is 1.31 bits per heavy atom. The molecular weight excluding hydrogens is 688 g/mol. The second-order valence-corrected chi connectivity index (χ2v) is 15.2. The van der Waals surface area contributed by atoms with Crippen molar-refractivity contribution < 1.29 is 38.9 Å². The third kappa shape index (κ3) is 12.6. The minimum atomic E-state index is -1.36. The first kappa shape index (κ1) is 43.4. The van der Waals surface area contributed by atoms with E-state index in [0.29, 0.717) is 18.6 Å². The zero-order valence-corrected chi connectivity index (χ0v) is 32.7. The van der Waals surface area contributed by atoms with Crippen molar-refractivity contribution in [1.29, 1.82) is 0 Å². The Kier molecular flexibility index (Phi) is 16.0.